The molecule has 11 heteroatoms. The number of nitrogens with zero attached hydrogens (tertiary/aromatic N) is 1. The molecule has 1 aliphatic rings. The first kappa shape index (κ1) is 22.6. The predicted octanol–water partition coefficient (Wildman–Crippen LogP) is 1.92. The molecule has 1 saturated heterocycles. The highest BCUT2D eigenvalue weighted by atomic mass is 79.9. The van der Waals surface area contributed by atoms with Crippen molar-refractivity contribution in [2.24, 2.45) is 0 Å². The standard InChI is InChI=1S/C19H21BrN2O7S/c1-12-3-5-14(6-4-12)30(25,26)28-11-16-15(27-2)9-17(29-16)22-10-13(7-8-20)18(23)21-19(22)24/h3-8,10,15-17H,9,11H2,1-2H3,(H,21,23,24)/b8-7+/t15-,16+,17+/m0/s1. The van der Waals surface area contributed by atoms with Gasteiger partial charge >= 0.3 is 5.69 Å². The molecule has 162 valence electrons. The number of ether oxygens (including phenoxy) is 2. The molecule has 3 atom stereocenters. The minimum absolute atomic E-state index is 0.0414. The van der Waals surface area contributed by atoms with E-state index in [4.69, 9.17) is 13.7 Å². The third-order valence-electron chi connectivity index (χ3n) is 4.73. The normalized spacial score (nSPS) is 22.0. The van der Waals surface area contributed by atoms with Gasteiger partial charge in [0.2, 0.25) is 0 Å². The molecule has 1 fully saturated rings. The first-order valence-corrected chi connectivity index (χ1v) is 11.3. The van der Waals surface area contributed by atoms with E-state index in [9.17, 15) is 18.0 Å². The van der Waals surface area contributed by atoms with Gasteiger partial charge in [0, 0.05) is 19.7 Å². The molecule has 30 heavy (non-hydrogen) atoms. The zero-order valence-electron chi connectivity index (χ0n) is 16.3. The van der Waals surface area contributed by atoms with E-state index < -0.39 is 39.8 Å². The summed E-state index contributed by atoms with van der Waals surface area (Å²) in [4.78, 5) is 27.9. The molecule has 1 aromatic carbocycles. The summed E-state index contributed by atoms with van der Waals surface area (Å²) in [6.07, 6.45) is 1.16. The lowest BCUT2D eigenvalue weighted by atomic mass is 10.2. The van der Waals surface area contributed by atoms with Crippen molar-refractivity contribution in [3.8, 4) is 0 Å². The number of benzene rings is 1. The topological polar surface area (TPSA) is 117 Å². The number of nitrogens with one attached hydrogen (secondary N) is 1. The quantitative estimate of drug-likeness (QED) is 0.577. The monoisotopic (exact) mass is 500 g/mol. The average Bonchev–Trinajstić information content (AvgIpc) is 3.12. The van der Waals surface area contributed by atoms with Crippen molar-refractivity contribution in [1.29, 1.82) is 0 Å². The predicted molar refractivity (Wildman–Crippen MR) is 113 cm³/mol. The number of aromatic amines is 1. The second kappa shape index (κ2) is 9.40. The maximum atomic E-state index is 12.4. The third kappa shape index (κ3) is 4.98. The summed E-state index contributed by atoms with van der Waals surface area (Å²) < 4.78 is 42.5. The van der Waals surface area contributed by atoms with Crippen LogP contribution in [0.5, 0.6) is 0 Å². The van der Waals surface area contributed by atoms with Crippen molar-refractivity contribution in [2.75, 3.05) is 13.7 Å². The van der Waals surface area contributed by atoms with Crippen LogP contribution in [0.3, 0.4) is 0 Å². The molecule has 0 spiro atoms. The fourth-order valence-corrected chi connectivity index (χ4v) is 4.30. The molecule has 1 aromatic heterocycles. The van der Waals surface area contributed by atoms with Gasteiger partial charge in [0.1, 0.15) is 12.3 Å². The van der Waals surface area contributed by atoms with E-state index in [-0.39, 0.29) is 23.5 Å². The Morgan fingerprint density at radius 3 is 2.63 bits per heavy atom. The molecular weight excluding hydrogens is 480 g/mol. The number of H-pyrrole nitrogens is 1. The van der Waals surface area contributed by atoms with Crippen LogP contribution in [0.1, 0.15) is 23.8 Å². The van der Waals surface area contributed by atoms with Crippen molar-refractivity contribution in [3.05, 3.63) is 67.4 Å². The molecule has 2 heterocycles. The number of halogens is 1. The number of aryl methyl sites for hydroxylation is 1. The summed E-state index contributed by atoms with van der Waals surface area (Å²) in [5.74, 6) is 0. The molecule has 9 nitrogen and oxygen atoms in total. The van der Waals surface area contributed by atoms with E-state index in [1.165, 1.54) is 41.1 Å². The summed E-state index contributed by atoms with van der Waals surface area (Å²) in [7, 11) is -2.51. The minimum atomic E-state index is -3.97. The van der Waals surface area contributed by atoms with Crippen LogP contribution in [0.2, 0.25) is 0 Å². The van der Waals surface area contributed by atoms with E-state index in [0.717, 1.165) is 5.56 Å². The van der Waals surface area contributed by atoms with Crippen molar-refractivity contribution >= 4 is 32.1 Å². The molecule has 0 unspecified atom stereocenters. The van der Waals surface area contributed by atoms with Gasteiger partial charge < -0.3 is 9.47 Å². The fourth-order valence-electron chi connectivity index (χ4n) is 3.10. The maximum Gasteiger partial charge on any atom is 0.330 e. The molecule has 0 saturated carbocycles. The summed E-state index contributed by atoms with van der Waals surface area (Å²) >= 11 is 3.09. The van der Waals surface area contributed by atoms with Crippen LogP contribution < -0.4 is 11.2 Å². The Labute approximate surface area is 181 Å². The van der Waals surface area contributed by atoms with Gasteiger partial charge in [-0.05, 0) is 30.1 Å². The van der Waals surface area contributed by atoms with E-state index >= 15 is 0 Å². The van der Waals surface area contributed by atoms with E-state index in [1.54, 1.807) is 12.1 Å². The van der Waals surface area contributed by atoms with Gasteiger partial charge in [-0.25, -0.2) is 4.79 Å². The lowest BCUT2D eigenvalue weighted by Crippen LogP contribution is -2.33. The van der Waals surface area contributed by atoms with E-state index in [0.29, 0.717) is 0 Å². The first-order valence-electron chi connectivity index (χ1n) is 9.01. The van der Waals surface area contributed by atoms with Gasteiger partial charge in [0.15, 0.2) is 0 Å². The number of hydrogen-bond donors (Lipinski definition) is 1. The second-order valence-corrected chi connectivity index (χ2v) is 8.88. The zero-order valence-corrected chi connectivity index (χ0v) is 18.7. The SMILES string of the molecule is CO[C@H]1C[C@H](n2cc(/C=C/Br)c(=O)[nH]c2=O)O[C@@H]1COS(=O)(=O)c1ccc(C)cc1. The lowest BCUT2D eigenvalue weighted by molar-refractivity contribution is -0.0477. The summed E-state index contributed by atoms with van der Waals surface area (Å²) in [6.45, 7) is 1.57. The van der Waals surface area contributed by atoms with Crippen LogP contribution in [0.4, 0.5) is 0 Å². The number of methoxy groups -OCH3 is 1. The van der Waals surface area contributed by atoms with Gasteiger partial charge in [-0.15, -0.1) is 0 Å². The highest BCUT2D eigenvalue weighted by Crippen LogP contribution is 2.30. The van der Waals surface area contributed by atoms with Gasteiger partial charge in [0.25, 0.3) is 15.7 Å². The molecule has 0 bridgehead atoms. The van der Waals surface area contributed by atoms with E-state index in [1.807, 2.05) is 6.92 Å². The van der Waals surface area contributed by atoms with Gasteiger partial charge in [-0.2, -0.15) is 8.42 Å². The molecule has 1 N–H and O–H groups in total. The molecule has 3 rings (SSSR count). The Hall–Kier alpha value is -2.05. The first-order chi connectivity index (χ1) is 14.2. The third-order valence-corrected chi connectivity index (χ3v) is 6.29. The van der Waals surface area contributed by atoms with Crippen LogP contribution in [-0.2, 0) is 23.8 Å². The van der Waals surface area contributed by atoms with Crippen molar-refractivity contribution in [1.82, 2.24) is 9.55 Å². The zero-order chi connectivity index (χ0) is 21.9. The fraction of sp³-hybridized carbons (Fsp3) is 0.368. The van der Waals surface area contributed by atoms with E-state index in [2.05, 4.69) is 20.9 Å². The molecule has 1 aliphatic heterocycles. The second-order valence-electron chi connectivity index (χ2n) is 6.73. The maximum absolute atomic E-state index is 12.4. The average molecular weight is 501 g/mol. The Kier molecular flexibility index (Phi) is 7.09. The molecule has 0 aliphatic carbocycles. The number of aromatic nitrogens is 2. The van der Waals surface area contributed by atoms with Crippen LogP contribution in [0, 0.1) is 6.92 Å². The Morgan fingerprint density at radius 1 is 1.30 bits per heavy atom. The summed E-state index contributed by atoms with van der Waals surface area (Å²) in [5, 5.41) is 0. The van der Waals surface area contributed by atoms with Crippen molar-refractivity contribution in [3.63, 3.8) is 0 Å². The van der Waals surface area contributed by atoms with Gasteiger partial charge in [-0.3, -0.25) is 18.5 Å². The smallest absolute Gasteiger partial charge is 0.330 e. The molecular formula is C19H21BrN2O7S. The summed E-state index contributed by atoms with van der Waals surface area (Å²) in [6, 6.07) is 6.29. The molecule has 0 radical (unpaired) electrons. The van der Waals surface area contributed by atoms with Gasteiger partial charge in [0.05, 0.1) is 23.2 Å². The van der Waals surface area contributed by atoms with Crippen LogP contribution in [0.15, 0.2) is 49.9 Å². The van der Waals surface area contributed by atoms with Crippen molar-refractivity contribution in [2.45, 2.75) is 36.7 Å². The van der Waals surface area contributed by atoms with Crippen LogP contribution in [-0.4, -0.2) is 43.9 Å². The van der Waals surface area contributed by atoms with Gasteiger partial charge in [-0.1, -0.05) is 33.6 Å². The van der Waals surface area contributed by atoms with Crippen molar-refractivity contribution < 1.29 is 22.1 Å². The number of rotatable bonds is 7. The minimum Gasteiger partial charge on any atom is -0.378 e. The lowest BCUT2D eigenvalue weighted by Gasteiger charge is -2.17. The molecule has 0 amide bonds. The Balaban J connectivity index is 1.77. The highest BCUT2D eigenvalue weighted by Gasteiger charge is 2.38. The summed E-state index contributed by atoms with van der Waals surface area (Å²) in [5.41, 5.74) is 0.0132. The Morgan fingerprint density at radius 2 is 2.00 bits per heavy atom. The van der Waals surface area contributed by atoms with Crippen LogP contribution >= 0.6 is 15.9 Å². The largest absolute Gasteiger partial charge is 0.378 e. The van der Waals surface area contributed by atoms with Crippen LogP contribution in [0.25, 0.3) is 6.08 Å². The Bertz CT molecular complexity index is 1140. The molecule has 2 aromatic rings. The number of hydrogen-bond acceptors (Lipinski definition) is 7. The highest BCUT2D eigenvalue weighted by molar-refractivity contribution is 9.11.